The van der Waals surface area contributed by atoms with Gasteiger partial charge in [-0.05, 0) is 64.5 Å². The van der Waals surface area contributed by atoms with E-state index in [1.165, 1.54) is 6.92 Å². The van der Waals surface area contributed by atoms with Gasteiger partial charge in [-0.2, -0.15) is 0 Å². The molecule has 10 nitrogen and oxygen atoms in total. The first-order valence-electron chi connectivity index (χ1n) is 17.0. The Morgan fingerprint density at radius 1 is 0.915 bits per heavy atom. The minimum Gasteiger partial charge on any atom is -0.472 e. The maximum atomic E-state index is 13.6. The van der Waals surface area contributed by atoms with Gasteiger partial charge < -0.3 is 28.1 Å². The zero-order valence-corrected chi connectivity index (χ0v) is 29.3. The lowest BCUT2D eigenvalue weighted by Crippen LogP contribution is -2.74. The van der Waals surface area contributed by atoms with Crippen LogP contribution >= 0.6 is 0 Å². The number of carbonyl (C=O) groups excluding carboxylic acids is 4. The van der Waals surface area contributed by atoms with E-state index < -0.39 is 69.6 Å². The lowest BCUT2D eigenvalue weighted by Gasteiger charge is -2.68. The fraction of sp³-hybridized carbons (Fsp3) is 0.730. The molecular formula is C37H50O10. The van der Waals surface area contributed by atoms with Crippen molar-refractivity contribution in [2.24, 2.45) is 34.0 Å². The van der Waals surface area contributed by atoms with Crippen LogP contribution in [0.3, 0.4) is 0 Å². The number of epoxide rings is 1. The summed E-state index contributed by atoms with van der Waals surface area (Å²) in [6.07, 6.45) is 4.12. The molecule has 0 bridgehead atoms. The van der Waals surface area contributed by atoms with Crippen LogP contribution in [0.5, 0.6) is 0 Å². The largest absolute Gasteiger partial charge is 0.472 e. The average molecular weight is 655 g/mol. The molecule has 11 atom stereocenters. The third kappa shape index (κ3) is 4.52. The number of ether oxygens (including phenoxy) is 5. The standard InChI is InChI=1S/C37H50O10/c1-11-20(4)32(41)45-28-15-24-33(6,7)47-30(39)17-26(43-21(5)38)34(24,8)25-16-27(44-31(40)19(2)3)35(9)23(22-12-13-42-18-22)14-29-37(35,46-29)36(25,28)10/h11-13,18-19,23-29H,14-17H2,1-10H3/t23-,24+,25+,26+,27-,28-,29+,34+,35-,36+,37+/m1/s1. The van der Waals surface area contributed by atoms with Gasteiger partial charge in [0, 0.05) is 40.6 Å². The van der Waals surface area contributed by atoms with Gasteiger partial charge in [0.1, 0.15) is 29.5 Å². The van der Waals surface area contributed by atoms with Gasteiger partial charge in [0.05, 0.1) is 31.0 Å². The molecule has 5 fully saturated rings. The van der Waals surface area contributed by atoms with Gasteiger partial charge in [0.15, 0.2) is 0 Å². The Labute approximate surface area is 277 Å². The number of hydrogen-bond donors (Lipinski definition) is 0. The van der Waals surface area contributed by atoms with E-state index in [1.807, 2.05) is 33.8 Å². The lowest BCUT2D eigenvalue weighted by atomic mass is 9.37. The van der Waals surface area contributed by atoms with Crippen LogP contribution in [0.1, 0.15) is 106 Å². The van der Waals surface area contributed by atoms with E-state index in [0.29, 0.717) is 24.8 Å². The Hall–Kier alpha value is -3.14. The van der Waals surface area contributed by atoms with E-state index in [0.717, 1.165) is 5.56 Å². The normalized spacial score (nSPS) is 43.3. The molecule has 5 aliphatic rings. The first-order chi connectivity index (χ1) is 21.9. The first-order valence-corrected chi connectivity index (χ1v) is 17.0. The van der Waals surface area contributed by atoms with E-state index in [2.05, 4.69) is 20.8 Å². The predicted molar refractivity (Wildman–Crippen MR) is 169 cm³/mol. The molecule has 258 valence electrons. The second-order valence-electron chi connectivity index (χ2n) is 16.0. The Morgan fingerprint density at radius 3 is 2.17 bits per heavy atom. The van der Waals surface area contributed by atoms with Crippen LogP contribution in [-0.2, 0) is 42.9 Å². The number of hydrogen-bond acceptors (Lipinski definition) is 10. The molecule has 0 aromatic carbocycles. The Bertz CT molecular complexity index is 1490. The molecule has 1 spiro atoms. The van der Waals surface area contributed by atoms with Crippen LogP contribution in [0.4, 0.5) is 0 Å². The van der Waals surface area contributed by atoms with Crippen molar-refractivity contribution in [3.63, 3.8) is 0 Å². The highest BCUT2D eigenvalue weighted by atomic mass is 16.6. The van der Waals surface area contributed by atoms with Gasteiger partial charge in [-0.1, -0.05) is 40.7 Å². The van der Waals surface area contributed by atoms with Gasteiger partial charge in [-0.15, -0.1) is 0 Å². The van der Waals surface area contributed by atoms with Crippen molar-refractivity contribution >= 4 is 23.9 Å². The third-order valence-corrected chi connectivity index (χ3v) is 13.2. The third-order valence-electron chi connectivity index (χ3n) is 13.2. The van der Waals surface area contributed by atoms with Crippen molar-refractivity contribution in [2.45, 2.75) is 136 Å². The number of rotatable bonds is 6. The van der Waals surface area contributed by atoms with Crippen molar-refractivity contribution in [1.82, 2.24) is 0 Å². The quantitative estimate of drug-likeness (QED) is 0.154. The van der Waals surface area contributed by atoms with Gasteiger partial charge in [0.25, 0.3) is 0 Å². The van der Waals surface area contributed by atoms with Gasteiger partial charge in [-0.25, -0.2) is 4.79 Å². The molecule has 2 aliphatic heterocycles. The SMILES string of the molecule is CC=C(C)C(=O)O[C@@H]1C[C@H]2C(C)(C)OC(=O)C[C@H](OC(C)=O)[C@]2(C)[C@@H]2C[C@@H](OC(=O)C(C)C)[C@@]3(C)[C@@H](c4ccoc4)C[C@@H]4O[C@@]43[C@]12C. The first kappa shape index (κ1) is 33.7. The molecule has 0 unspecified atom stereocenters. The summed E-state index contributed by atoms with van der Waals surface area (Å²) < 4.78 is 37.8. The van der Waals surface area contributed by atoms with E-state index in [1.54, 1.807) is 32.4 Å². The molecule has 3 heterocycles. The Balaban J connectivity index is 1.61. The number of allylic oxidation sites excluding steroid dienone is 1. The molecule has 0 radical (unpaired) electrons. The molecule has 3 aliphatic carbocycles. The van der Waals surface area contributed by atoms with Crippen LogP contribution in [0.25, 0.3) is 0 Å². The number of carbonyl (C=O) groups is 4. The fourth-order valence-corrected chi connectivity index (χ4v) is 10.9. The van der Waals surface area contributed by atoms with Gasteiger partial charge >= 0.3 is 23.9 Å². The zero-order valence-electron chi connectivity index (χ0n) is 29.3. The monoisotopic (exact) mass is 654 g/mol. The van der Waals surface area contributed by atoms with E-state index in [9.17, 15) is 19.2 Å². The Morgan fingerprint density at radius 2 is 1.57 bits per heavy atom. The molecule has 10 heteroatoms. The number of esters is 4. The average Bonchev–Trinajstić information content (AvgIpc) is 3.35. The number of cyclic esters (lactones) is 1. The van der Waals surface area contributed by atoms with Gasteiger partial charge in [-0.3, -0.25) is 14.4 Å². The van der Waals surface area contributed by atoms with Crippen molar-refractivity contribution in [3.8, 4) is 0 Å². The van der Waals surface area contributed by atoms with Crippen molar-refractivity contribution in [1.29, 1.82) is 0 Å². The molecule has 1 aromatic rings. The summed E-state index contributed by atoms with van der Waals surface area (Å²) in [4.78, 5) is 53.2. The van der Waals surface area contributed by atoms with E-state index >= 15 is 0 Å². The summed E-state index contributed by atoms with van der Waals surface area (Å²) in [7, 11) is 0. The smallest absolute Gasteiger partial charge is 0.333 e. The minimum atomic E-state index is -0.996. The number of fused-ring (bicyclic) bond motifs is 3. The Kier molecular flexibility index (Phi) is 7.85. The molecular weight excluding hydrogens is 604 g/mol. The molecule has 6 rings (SSSR count). The zero-order chi connectivity index (χ0) is 34.5. The second-order valence-corrected chi connectivity index (χ2v) is 16.0. The molecule has 1 aromatic heterocycles. The molecule has 2 saturated heterocycles. The van der Waals surface area contributed by atoms with Crippen LogP contribution in [0.2, 0.25) is 0 Å². The van der Waals surface area contributed by atoms with Crippen LogP contribution in [-0.4, -0.2) is 59.5 Å². The highest BCUT2D eigenvalue weighted by Crippen LogP contribution is 2.82. The van der Waals surface area contributed by atoms with Crippen LogP contribution < -0.4 is 0 Å². The fourth-order valence-electron chi connectivity index (χ4n) is 10.9. The lowest BCUT2D eigenvalue weighted by molar-refractivity contribution is -0.284. The number of furan rings is 1. The van der Waals surface area contributed by atoms with Crippen molar-refractivity contribution in [2.75, 3.05) is 0 Å². The predicted octanol–water partition coefficient (Wildman–Crippen LogP) is 6.07. The van der Waals surface area contributed by atoms with E-state index in [-0.39, 0.29) is 36.2 Å². The second kappa shape index (κ2) is 10.9. The minimum absolute atomic E-state index is 0.0679. The highest BCUT2D eigenvalue weighted by Gasteiger charge is 2.90. The van der Waals surface area contributed by atoms with Crippen molar-refractivity contribution < 1.29 is 47.3 Å². The highest BCUT2D eigenvalue weighted by molar-refractivity contribution is 5.87. The van der Waals surface area contributed by atoms with Crippen molar-refractivity contribution in [3.05, 3.63) is 35.8 Å². The maximum absolute atomic E-state index is 13.6. The molecule has 3 saturated carbocycles. The summed E-state index contributed by atoms with van der Waals surface area (Å²) in [6.45, 7) is 18.6. The topological polar surface area (TPSA) is 131 Å². The van der Waals surface area contributed by atoms with Crippen LogP contribution in [0.15, 0.2) is 34.7 Å². The summed E-state index contributed by atoms with van der Waals surface area (Å²) in [5.41, 5.74) is -2.83. The molecule has 0 N–H and O–H groups in total. The summed E-state index contributed by atoms with van der Waals surface area (Å²) in [5, 5.41) is 0. The molecule has 0 amide bonds. The summed E-state index contributed by atoms with van der Waals surface area (Å²) in [6, 6.07) is 1.96. The van der Waals surface area contributed by atoms with E-state index in [4.69, 9.17) is 28.1 Å². The maximum Gasteiger partial charge on any atom is 0.333 e. The van der Waals surface area contributed by atoms with Crippen LogP contribution in [0, 0.1) is 34.0 Å². The summed E-state index contributed by atoms with van der Waals surface area (Å²) in [5.74, 6) is -2.90. The summed E-state index contributed by atoms with van der Waals surface area (Å²) >= 11 is 0. The molecule has 47 heavy (non-hydrogen) atoms. The van der Waals surface area contributed by atoms with Gasteiger partial charge in [0.2, 0.25) is 0 Å².